The molecule has 0 aliphatic carbocycles. The summed E-state index contributed by atoms with van der Waals surface area (Å²) in [5.74, 6) is 0.879. The standard InChI is InChI=1S/C16H19N5/c1-11-8-13-15(19-9-11)21(10-16(2,3)17)14(20-13)12-4-6-18-7-5-12/h4-9H,10,17H2,1-3H3. The molecule has 3 heterocycles. The lowest BCUT2D eigenvalue weighted by Crippen LogP contribution is -2.37. The Bertz CT molecular complexity index is 768. The highest BCUT2D eigenvalue weighted by Crippen LogP contribution is 2.25. The predicted octanol–water partition coefficient (Wildman–Crippen LogP) is 2.54. The van der Waals surface area contributed by atoms with Gasteiger partial charge in [-0.1, -0.05) is 0 Å². The average Bonchev–Trinajstić information content (AvgIpc) is 2.76. The van der Waals surface area contributed by atoms with E-state index in [1.807, 2.05) is 45.2 Å². The van der Waals surface area contributed by atoms with E-state index in [2.05, 4.69) is 14.5 Å². The van der Waals surface area contributed by atoms with Gasteiger partial charge in [0, 0.05) is 36.2 Å². The maximum atomic E-state index is 6.21. The number of nitrogens with two attached hydrogens (primary N) is 1. The fraction of sp³-hybridized carbons (Fsp3) is 0.312. The Morgan fingerprint density at radius 3 is 2.62 bits per heavy atom. The number of nitrogens with zero attached hydrogens (tertiary/aromatic N) is 4. The molecule has 0 radical (unpaired) electrons. The molecule has 0 unspecified atom stereocenters. The zero-order valence-electron chi connectivity index (χ0n) is 12.5. The first-order valence-corrected chi connectivity index (χ1v) is 6.96. The number of pyridine rings is 2. The molecule has 108 valence electrons. The van der Waals surface area contributed by atoms with E-state index < -0.39 is 0 Å². The minimum atomic E-state index is -0.345. The summed E-state index contributed by atoms with van der Waals surface area (Å²) in [6.45, 7) is 6.67. The molecule has 0 bridgehead atoms. The van der Waals surface area contributed by atoms with Gasteiger partial charge in [0.05, 0.1) is 0 Å². The van der Waals surface area contributed by atoms with Gasteiger partial charge in [-0.15, -0.1) is 0 Å². The van der Waals surface area contributed by atoms with E-state index in [1.165, 1.54) is 0 Å². The van der Waals surface area contributed by atoms with Crippen molar-refractivity contribution in [3.8, 4) is 11.4 Å². The van der Waals surface area contributed by atoms with Crippen LogP contribution in [0.15, 0.2) is 36.8 Å². The third-order valence-corrected chi connectivity index (χ3v) is 3.23. The van der Waals surface area contributed by atoms with Crippen LogP contribution in [0.4, 0.5) is 0 Å². The molecule has 0 aromatic carbocycles. The Balaban J connectivity index is 2.25. The highest BCUT2D eigenvalue weighted by Gasteiger charge is 2.19. The molecule has 5 heteroatoms. The molecule has 0 amide bonds. The highest BCUT2D eigenvalue weighted by atomic mass is 15.1. The minimum Gasteiger partial charge on any atom is -0.324 e. The molecule has 0 saturated carbocycles. The number of hydrogen-bond donors (Lipinski definition) is 1. The normalized spacial score (nSPS) is 12.0. The molecule has 5 nitrogen and oxygen atoms in total. The van der Waals surface area contributed by atoms with Crippen molar-refractivity contribution in [2.75, 3.05) is 0 Å². The molecule has 0 aliphatic heterocycles. The maximum Gasteiger partial charge on any atom is 0.160 e. The molecule has 2 N–H and O–H groups in total. The Hall–Kier alpha value is -2.27. The zero-order chi connectivity index (χ0) is 15.0. The van der Waals surface area contributed by atoms with Gasteiger partial charge in [0.1, 0.15) is 11.3 Å². The molecule has 0 saturated heterocycles. The number of imidazole rings is 1. The smallest absolute Gasteiger partial charge is 0.160 e. The number of fused-ring (bicyclic) bond motifs is 1. The second-order valence-corrected chi connectivity index (χ2v) is 6.10. The fourth-order valence-electron chi connectivity index (χ4n) is 2.39. The second-order valence-electron chi connectivity index (χ2n) is 6.10. The minimum absolute atomic E-state index is 0.345. The summed E-state index contributed by atoms with van der Waals surface area (Å²) in [6, 6.07) is 5.95. The van der Waals surface area contributed by atoms with E-state index in [4.69, 9.17) is 10.7 Å². The van der Waals surface area contributed by atoms with Crippen molar-refractivity contribution in [3.63, 3.8) is 0 Å². The maximum absolute atomic E-state index is 6.21. The number of hydrogen-bond acceptors (Lipinski definition) is 4. The van der Waals surface area contributed by atoms with Crippen LogP contribution in [0.1, 0.15) is 19.4 Å². The molecular formula is C16H19N5. The lowest BCUT2D eigenvalue weighted by molar-refractivity contribution is 0.441. The largest absolute Gasteiger partial charge is 0.324 e. The first kappa shape index (κ1) is 13.7. The van der Waals surface area contributed by atoms with Crippen molar-refractivity contribution >= 4 is 11.2 Å². The van der Waals surface area contributed by atoms with Crippen molar-refractivity contribution in [2.45, 2.75) is 32.9 Å². The summed E-state index contributed by atoms with van der Waals surface area (Å²) in [5, 5.41) is 0. The van der Waals surface area contributed by atoms with Gasteiger partial charge in [0.15, 0.2) is 5.65 Å². The van der Waals surface area contributed by atoms with Gasteiger partial charge in [-0.2, -0.15) is 0 Å². The van der Waals surface area contributed by atoms with Gasteiger partial charge in [-0.3, -0.25) is 4.98 Å². The van der Waals surface area contributed by atoms with E-state index in [0.717, 1.165) is 28.1 Å². The van der Waals surface area contributed by atoms with Crippen LogP contribution in [0.25, 0.3) is 22.6 Å². The summed E-state index contributed by atoms with van der Waals surface area (Å²) >= 11 is 0. The average molecular weight is 281 g/mol. The lowest BCUT2D eigenvalue weighted by atomic mass is 10.1. The van der Waals surface area contributed by atoms with Crippen molar-refractivity contribution in [1.82, 2.24) is 19.5 Å². The van der Waals surface area contributed by atoms with Crippen molar-refractivity contribution in [3.05, 3.63) is 42.4 Å². The zero-order valence-corrected chi connectivity index (χ0v) is 12.5. The van der Waals surface area contributed by atoms with Crippen LogP contribution in [0.2, 0.25) is 0 Å². The van der Waals surface area contributed by atoms with Crippen LogP contribution in [0.5, 0.6) is 0 Å². The fourth-order valence-corrected chi connectivity index (χ4v) is 2.39. The summed E-state index contributed by atoms with van der Waals surface area (Å²) in [7, 11) is 0. The van der Waals surface area contributed by atoms with E-state index in [1.54, 1.807) is 12.4 Å². The molecule has 3 aromatic heterocycles. The van der Waals surface area contributed by atoms with Crippen LogP contribution < -0.4 is 5.73 Å². The molecule has 0 fully saturated rings. The van der Waals surface area contributed by atoms with E-state index >= 15 is 0 Å². The first-order valence-electron chi connectivity index (χ1n) is 6.96. The van der Waals surface area contributed by atoms with E-state index in [-0.39, 0.29) is 5.54 Å². The van der Waals surface area contributed by atoms with Gasteiger partial charge >= 0.3 is 0 Å². The van der Waals surface area contributed by atoms with Crippen LogP contribution in [0, 0.1) is 6.92 Å². The second kappa shape index (κ2) is 4.93. The number of aromatic nitrogens is 4. The third-order valence-electron chi connectivity index (χ3n) is 3.23. The Kier molecular flexibility index (Phi) is 3.22. The molecule has 0 atom stereocenters. The third kappa shape index (κ3) is 2.78. The first-order chi connectivity index (χ1) is 9.94. The van der Waals surface area contributed by atoms with Crippen LogP contribution in [-0.4, -0.2) is 25.1 Å². The van der Waals surface area contributed by atoms with Crippen molar-refractivity contribution in [2.24, 2.45) is 5.73 Å². The topological polar surface area (TPSA) is 69.6 Å². The molecular weight excluding hydrogens is 262 g/mol. The Morgan fingerprint density at radius 1 is 1.24 bits per heavy atom. The number of aryl methyl sites for hydroxylation is 1. The monoisotopic (exact) mass is 281 g/mol. The Labute approximate surface area is 123 Å². The van der Waals surface area contributed by atoms with Crippen LogP contribution in [0.3, 0.4) is 0 Å². The van der Waals surface area contributed by atoms with Gasteiger partial charge in [-0.05, 0) is 44.5 Å². The highest BCUT2D eigenvalue weighted by molar-refractivity contribution is 5.77. The van der Waals surface area contributed by atoms with Crippen molar-refractivity contribution in [1.29, 1.82) is 0 Å². The van der Waals surface area contributed by atoms with Gasteiger partial charge in [0.2, 0.25) is 0 Å². The van der Waals surface area contributed by atoms with E-state index in [9.17, 15) is 0 Å². The quantitative estimate of drug-likeness (QED) is 0.801. The molecule has 0 spiro atoms. The molecule has 0 aliphatic rings. The SMILES string of the molecule is Cc1cnc2c(c1)nc(-c1ccncc1)n2CC(C)(C)N. The van der Waals surface area contributed by atoms with Gasteiger partial charge in [-0.25, -0.2) is 9.97 Å². The van der Waals surface area contributed by atoms with Gasteiger partial charge < -0.3 is 10.3 Å². The summed E-state index contributed by atoms with van der Waals surface area (Å²) in [5.41, 5.74) is 9.74. The van der Waals surface area contributed by atoms with Gasteiger partial charge in [0.25, 0.3) is 0 Å². The molecule has 21 heavy (non-hydrogen) atoms. The summed E-state index contributed by atoms with van der Waals surface area (Å²) in [4.78, 5) is 13.4. The summed E-state index contributed by atoms with van der Waals surface area (Å²) in [6.07, 6.45) is 5.40. The summed E-state index contributed by atoms with van der Waals surface area (Å²) < 4.78 is 2.09. The van der Waals surface area contributed by atoms with E-state index in [0.29, 0.717) is 6.54 Å². The predicted molar refractivity (Wildman–Crippen MR) is 83.8 cm³/mol. The van der Waals surface area contributed by atoms with Crippen molar-refractivity contribution < 1.29 is 0 Å². The van der Waals surface area contributed by atoms with Crippen LogP contribution >= 0.6 is 0 Å². The molecule has 3 rings (SSSR count). The lowest BCUT2D eigenvalue weighted by Gasteiger charge is -2.21. The molecule has 3 aromatic rings. The Morgan fingerprint density at radius 2 is 1.95 bits per heavy atom. The number of rotatable bonds is 3. The van der Waals surface area contributed by atoms with Crippen LogP contribution in [-0.2, 0) is 6.54 Å².